The molecular formula is C89H130N12O10S2. The molecule has 7 saturated carbocycles. The Balaban J connectivity index is 0.456. The van der Waals surface area contributed by atoms with Crippen LogP contribution in [0.5, 0.6) is 0 Å². The van der Waals surface area contributed by atoms with Crippen LogP contribution in [-0.2, 0) is 57.8 Å². The van der Waals surface area contributed by atoms with Gasteiger partial charge in [-0.1, -0.05) is 109 Å². The first-order chi connectivity index (χ1) is 54.5. The summed E-state index contributed by atoms with van der Waals surface area (Å²) in [5, 5.41) is 43.7. The van der Waals surface area contributed by atoms with E-state index in [9.17, 15) is 29.1 Å². The van der Waals surface area contributed by atoms with Crippen LogP contribution in [0.4, 0.5) is 4.79 Å². The van der Waals surface area contributed by atoms with Crippen LogP contribution in [0.3, 0.4) is 0 Å². The fourth-order valence-corrected chi connectivity index (χ4v) is 28.9. The monoisotopic (exact) mass is 1590 g/mol. The topological polar surface area (TPSA) is 283 Å². The molecule has 7 N–H and O–H groups in total. The lowest BCUT2D eigenvalue weighted by molar-refractivity contribution is -0.163. The minimum atomic E-state index is -0.585. The molecule has 2 amide bonds. The summed E-state index contributed by atoms with van der Waals surface area (Å²) < 4.78 is 29.6. The Bertz CT molecular complexity index is 4210. The summed E-state index contributed by atoms with van der Waals surface area (Å²) in [6.07, 6.45) is 33.3. The molecule has 618 valence electrons. The molecule has 4 aliphatic heterocycles. The number of aliphatic hydroxyl groups excluding tert-OH is 1. The number of nitrogens with one attached hydrogen (secondary N) is 4. The van der Waals surface area contributed by atoms with Gasteiger partial charge < -0.3 is 45.0 Å². The van der Waals surface area contributed by atoms with Crippen LogP contribution < -0.4 is 27.0 Å². The summed E-state index contributed by atoms with van der Waals surface area (Å²) >= 11 is 3.95. The quantitative estimate of drug-likeness (QED) is 0.0104. The highest BCUT2D eigenvalue weighted by Gasteiger charge is 2.62. The van der Waals surface area contributed by atoms with Crippen LogP contribution >= 0.6 is 23.5 Å². The average Bonchev–Trinajstić information content (AvgIpc) is 1.71. The maximum absolute atomic E-state index is 13.8. The van der Waals surface area contributed by atoms with Gasteiger partial charge in [0, 0.05) is 93.0 Å². The summed E-state index contributed by atoms with van der Waals surface area (Å²) in [5.74, 6) is 8.01. The number of aliphatic hydroxyl groups is 1. The van der Waals surface area contributed by atoms with Gasteiger partial charge in [0.1, 0.15) is 36.7 Å². The zero-order valence-electron chi connectivity index (χ0n) is 68.5. The minimum absolute atomic E-state index is 0.00600. The normalized spacial score (nSPS) is 35.7. The molecule has 24 heteroatoms. The van der Waals surface area contributed by atoms with Crippen molar-refractivity contribution in [3.63, 3.8) is 0 Å². The van der Waals surface area contributed by atoms with E-state index >= 15 is 0 Å². The van der Waals surface area contributed by atoms with Gasteiger partial charge >= 0.3 is 29.9 Å². The van der Waals surface area contributed by atoms with Gasteiger partial charge in [-0.15, -0.1) is 10.2 Å². The van der Waals surface area contributed by atoms with Crippen LogP contribution in [0.1, 0.15) is 235 Å². The Morgan fingerprint density at radius 3 is 1.81 bits per heavy atom. The lowest BCUT2D eigenvalue weighted by atomic mass is 9.44. The molecule has 3 aromatic heterocycles. The first-order valence-corrected chi connectivity index (χ1v) is 46.4. The highest BCUT2D eigenvalue weighted by Crippen LogP contribution is 2.69. The number of nitrogens with two attached hydrogens (primary N) is 1. The average molecular weight is 1590 g/mol. The number of thioether (sulfide) groups is 2. The predicted molar refractivity (Wildman–Crippen MR) is 442 cm³/mol. The number of esters is 4. The van der Waals surface area contributed by atoms with Crippen molar-refractivity contribution < 1.29 is 48.0 Å². The number of unbranched alkanes of at least 4 members (excludes halogenated alkanes) is 4. The van der Waals surface area contributed by atoms with Crippen LogP contribution in [0.25, 0.3) is 44.3 Å². The van der Waals surface area contributed by atoms with E-state index in [0.717, 1.165) is 159 Å². The molecule has 16 rings (SSSR count). The molecule has 2 aromatic carbocycles. The molecular weight excluding hydrogens is 1460 g/mol. The molecule has 9 unspecified atom stereocenters. The number of benzene rings is 2. The molecule has 113 heavy (non-hydrogen) atoms. The number of carbonyl (C=O) groups is 5. The molecule has 5 aromatic rings. The Morgan fingerprint density at radius 2 is 1.18 bits per heavy atom. The Hall–Kier alpha value is -5.79. The maximum atomic E-state index is 13.8. The number of urea groups is 1. The number of hydrogen-bond acceptors (Lipinski definition) is 19. The number of aromatic nitrogens is 7. The van der Waals surface area contributed by atoms with Crippen molar-refractivity contribution in [3.05, 3.63) is 48.8 Å². The fraction of sp³-hybridized carbons (Fsp3) is 0.764. The smallest absolute Gasteiger partial charge is 0.328 e. The molecule has 4 saturated heterocycles. The second-order valence-electron chi connectivity index (χ2n) is 38.5. The summed E-state index contributed by atoms with van der Waals surface area (Å²) in [7, 11) is 0. The Kier molecular flexibility index (Phi) is 24.6. The largest absolute Gasteiger partial charge is 0.466 e. The van der Waals surface area contributed by atoms with E-state index in [1.165, 1.54) is 70.6 Å². The van der Waals surface area contributed by atoms with E-state index < -0.39 is 6.35 Å². The van der Waals surface area contributed by atoms with Crippen molar-refractivity contribution in [1.29, 1.82) is 0 Å². The van der Waals surface area contributed by atoms with Crippen molar-refractivity contribution in [2.45, 2.75) is 308 Å². The summed E-state index contributed by atoms with van der Waals surface area (Å²) in [5.41, 5.74) is 12.5. The third-order valence-electron chi connectivity index (χ3n) is 32.3. The van der Waals surface area contributed by atoms with Gasteiger partial charge in [-0.25, -0.2) is 14.2 Å². The number of rotatable bonds is 31. The highest BCUT2D eigenvalue weighted by molar-refractivity contribution is 8.00. The van der Waals surface area contributed by atoms with Gasteiger partial charge in [0.15, 0.2) is 6.35 Å². The SMILES string of the molecule is CC([C@H](C)CCC(=O)OCCCCC[C@@H]1SC[C@@H]2NC(=O)N[C@@H]21)C1(C)CCC2[C@@H](CC[C@H]3C[C@H](OC(=O)Cn4cc(-c5ccc6c7ccc(-c8cn(CC(=O)O[C@@H]9CCC%10(C)C%11CCC%12(C)C([C@H](C)CCC(=O)OCCCCC[C@@H]%13SC[C@@H]%14NC(O)N[C@@H]%14%13)CC[C@H]%12[C@@H]%11CC[C@@H]%10C9)nn8)cc7n(CCN)c6c5)nn4)CCC23C)C1. The molecule has 7 heterocycles. The third kappa shape index (κ3) is 16.9. The number of carbonyl (C=O) groups excluding carboxylic acids is 5. The van der Waals surface area contributed by atoms with Crippen LogP contribution in [0.15, 0.2) is 48.8 Å². The first-order valence-electron chi connectivity index (χ1n) is 44.3. The maximum Gasteiger partial charge on any atom is 0.328 e. The molecule has 11 fully saturated rings. The number of fused-ring (bicyclic) bond motifs is 13. The predicted octanol–water partition coefficient (Wildman–Crippen LogP) is 14.9. The summed E-state index contributed by atoms with van der Waals surface area (Å²) in [6.45, 7) is 19.4. The second-order valence-corrected chi connectivity index (χ2v) is 41.1. The summed E-state index contributed by atoms with van der Waals surface area (Å²) in [6, 6.07) is 13.8. The van der Waals surface area contributed by atoms with E-state index in [-0.39, 0.29) is 83.5 Å². The van der Waals surface area contributed by atoms with E-state index in [2.05, 4.69) is 131 Å². The fourth-order valence-electron chi connectivity index (χ4n) is 25.8. The minimum Gasteiger partial charge on any atom is -0.466 e. The summed E-state index contributed by atoms with van der Waals surface area (Å²) in [4.78, 5) is 65.3. The molecule has 7 aliphatic carbocycles. The van der Waals surface area contributed by atoms with Gasteiger partial charge in [-0.05, 0) is 247 Å². The van der Waals surface area contributed by atoms with E-state index in [1.807, 2.05) is 35.9 Å². The van der Waals surface area contributed by atoms with E-state index in [1.54, 1.807) is 9.36 Å². The number of hydrogen-bond donors (Lipinski definition) is 6. The molecule has 0 spiro atoms. The number of ether oxygens (including phenoxy) is 4. The Labute approximate surface area is 677 Å². The van der Waals surface area contributed by atoms with Gasteiger partial charge in [-0.3, -0.25) is 29.8 Å². The van der Waals surface area contributed by atoms with Gasteiger partial charge in [0.05, 0.1) is 37.7 Å². The van der Waals surface area contributed by atoms with Gasteiger partial charge in [0.25, 0.3) is 0 Å². The zero-order chi connectivity index (χ0) is 78.5. The molecule has 11 aliphatic rings. The lowest BCUT2D eigenvalue weighted by Crippen LogP contribution is -2.54. The first kappa shape index (κ1) is 81.0. The second kappa shape index (κ2) is 34.3. The molecule has 24 atom stereocenters. The standard InChI is InChI=1S/C89H130N12O10S2/c1-53(16-28-78(102)108-40-12-8-10-14-76-82-72(51-112-76)91-84(106)93-82)55(3)86(4)34-32-67-58(46-86)18-21-59-44-61(30-35-87(59,67)5)110-80(104)49-99-47-70(95-97-99)56-19-23-63-64-24-20-57(43-75(64)101(39-38-90)74(63)42-56)71-48-100(98-96-71)50-81(105)111-62-31-36-88(6)60(45-62)22-25-65-68-27-26-66(89(68,7)37-33-69(65)88)54(2)17-29-79(103)109-41-13-9-11-15-77-83-73(52-113-77)92-85(107)94-83/h19-20,23-24,42-43,47-48,53-55,58-62,65-69,72-73,76-77,82-83,85,92,94,107H,8-18,21-22,25-41,44-46,49-52,90H2,1-7H3,(H2,91,93,106)/t53-,54-,55?,58+,59+,60-,61-,62-,65+,66?,67?,68+,69?,72+,73+,76+,77+,82+,83+,85?,86?,87?,88?,89?/m1/s1. The molecule has 22 nitrogen and oxygen atoms in total. The van der Waals surface area contributed by atoms with Crippen molar-refractivity contribution in [3.8, 4) is 22.5 Å². The van der Waals surface area contributed by atoms with Gasteiger partial charge in [-0.2, -0.15) is 23.5 Å². The van der Waals surface area contributed by atoms with Crippen molar-refractivity contribution in [2.24, 2.45) is 92.5 Å². The van der Waals surface area contributed by atoms with Gasteiger partial charge in [0.2, 0.25) is 0 Å². The van der Waals surface area contributed by atoms with E-state index in [4.69, 9.17) is 24.7 Å². The highest BCUT2D eigenvalue weighted by atomic mass is 32.2. The Morgan fingerprint density at radius 1 is 0.611 bits per heavy atom. The third-order valence-corrected chi connectivity index (χ3v) is 35.3. The van der Waals surface area contributed by atoms with Crippen LogP contribution in [0.2, 0.25) is 0 Å². The number of amides is 2. The lowest BCUT2D eigenvalue weighted by Gasteiger charge is -2.61. The van der Waals surface area contributed by atoms with Crippen molar-refractivity contribution in [2.75, 3.05) is 31.3 Å². The molecule has 0 radical (unpaired) electrons. The van der Waals surface area contributed by atoms with Crippen LogP contribution in [0, 0.1) is 86.8 Å². The zero-order valence-corrected chi connectivity index (χ0v) is 70.1. The van der Waals surface area contributed by atoms with Crippen molar-refractivity contribution in [1.82, 2.24) is 55.8 Å². The van der Waals surface area contributed by atoms with E-state index in [0.29, 0.717) is 132 Å². The van der Waals surface area contributed by atoms with Crippen LogP contribution in [-0.4, -0.2) is 154 Å². The number of nitrogens with zero attached hydrogens (tertiary/aromatic N) is 7. The molecule has 0 bridgehead atoms. The van der Waals surface area contributed by atoms with Crippen molar-refractivity contribution >= 4 is 75.2 Å².